The number of amides is 1. The highest BCUT2D eigenvalue weighted by molar-refractivity contribution is 5.64. The van der Waals surface area contributed by atoms with E-state index in [0.717, 1.165) is 0 Å². The lowest BCUT2D eigenvalue weighted by Gasteiger charge is -2.28. The summed E-state index contributed by atoms with van der Waals surface area (Å²) in [4.78, 5) is 11.7. The van der Waals surface area contributed by atoms with Crippen LogP contribution in [0.2, 0.25) is 0 Å². The van der Waals surface area contributed by atoms with Gasteiger partial charge in [0, 0.05) is 13.1 Å². The van der Waals surface area contributed by atoms with E-state index in [1.165, 1.54) is 4.90 Å². The summed E-state index contributed by atoms with van der Waals surface area (Å²) in [5.41, 5.74) is 0. The summed E-state index contributed by atoms with van der Waals surface area (Å²) in [5, 5.41) is 8.53. The van der Waals surface area contributed by atoms with Gasteiger partial charge in [0.05, 0.1) is 6.67 Å². The summed E-state index contributed by atoms with van der Waals surface area (Å²) in [6, 6.07) is 0. The van der Waals surface area contributed by atoms with E-state index >= 15 is 0 Å². The lowest BCUT2D eigenvalue weighted by Crippen LogP contribution is -2.37. The van der Waals surface area contributed by atoms with Crippen LogP contribution in [0.25, 0.3) is 0 Å². The number of piperidine rings is 1. The molecule has 0 atom stereocenters. The van der Waals surface area contributed by atoms with E-state index in [1.807, 2.05) is 0 Å². The van der Waals surface area contributed by atoms with Gasteiger partial charge in [-0.05, 0) is 18.8 Å². The van der Waals surface area contributed by atoms with Crippen LogP contribution in [-0.2, 0) is 0 Å². The minimum absolute atomic E-state index is 0.0885. The molecule has 1 amide bonds. The molecule has 64 valence electrons. The highest BCUT2D eigenvalue weighted by atomic mass is 19.1. The van der Waals surface area contributed by atoms with Crippen molar-refractivity contribution in [2.24, 2.45) is 5.92 Å². The summed E-state index contributed by atoms with van der Waals surface area (Å²) in [6.45, 7) is 0.668. The van der Waals surface area contributed by atoms with Crippen LogP contribution >= 0.6 is 0 Å². The number of rotatable bonds is 1. The van der Waals surface area contributed by atoms with E-state index in [-0.39, 0.29) is 12.6 Å². The molecule has 0 unspecified atom stereocenters. The van der Waals surface area contributed by atoms with Crippen LogP contribution in [0.1, 0.15) is 12.8 Å². The van der Waals surface area contributed by atoms with Crippen LogP contribution in [0.3, 0.4) is 0 Å². The molecule has 0 saturated carbocycles. The molecule has 1 N–H and O–H groups in total. The average molecular weight is 161 g/mol. The minimum atomic E-state index is -0.887. The summed E-state index contributed by atoms with van der Waals surface area (Å²) >= 11 is 0. The van der Waals surface area contributed by atoms with Crippen molar-refractivity contribution in [1.29, 1.82) is 0 Å². The smallest absolute Gasteiger partial charge is 0.407 e. The maximum Gasteiger partial charge on any atom is 0.407 e. The number of likely N-dealkylation sites (tertiary alicyclic amines) is 1. The van der Waals surface area contributed by atoms with Gasteiger partial charge in [0.15, 0.2) is 0 Å². The summed E-state index contributed by atoms with van der Waals surface area (Å²) in [7, 11) is 0. The number of carboxylic acid groups (broad SMARTS) is 1. The molecular weight excluding hydrogens is 149 g/mol. The second-order valence-electron chi connectivity index (χ2n) is 2.87. The molecule has 1 fully saturated rings. The third-order valence-corrected chi connectivity index (χ3v) is 2.10. The van der Waals surface area contributed by atoms with Crippen molar-refractivity contribution < 1.29 is 14.3 Å². The van der Waals surface area contributed by atoms with Crippen molar-refractivity contribution >= 4 is 6.09 Å². The molecule has 1 heterocycles. The fraction of sp³-hybridized carbons (Fsp3) is 0.857. The Morgan fingerprint density at radius 1 is 1.55 bits per heavy atom. The van der Waals surface area contributed by atoms with Crippen LogP contribution in [0.4, 0.5) is 9.18 Å². The van der Waals surface area contributed by atoms with Crippen molar-refractivity contribution in [3.8, 4) is 0 Å². The van der Waals surface area contributed by atoms with Crippen molar-refractivity contribution in [2.75, 3.05) is 19.8 Å². The molecule has 0 aromatic heterocycles. The van der Waals surface area contributed by atoms with Gasteiger partial charge < -0.3 is 10.0 Å². The Kier molecular flexibility index (Phi) is 2.68. The van der Waals surface area contributed by atoms with Gasteiger partial charge in [0.25, 0.3) is 0 Å². The van der Waals surface area contributed by atoms with Crippen molar-refractivity contribution in [3.05, 3.63) is 0 Å². The molecule has 0 bridgehead atoms. The quantitative estimate of drug-likeness (QED) is 0.630. The number of hydrogen-bond acceptors (Lipinski definition) is 1. The monoisotopic (exact) mass is 161 g/mol. The molecule has 0 aliphatic carbocycles. The third-order valence-electron chi connectivity index (χ3n) is 2.10. The standard InChI is InChI=1S/C7H12FNO2/c8-5-6-1-3-9(4-2-6)7(10)11/h6H,1-5H2,(H,10,11). The van der Waals surface area contributed by atoms with Crippen molar-refractivity contribution in [3.63, 3.8) is 0 Å². The first-order valence-electron chi connectivity index (χ1n) is 3.78. The zero-order valence-corrected chi connectivity index (χ0v) is 6.29. The molecule has 0 radical (unpaired) electrons. The van der Waals surface area contributed by atoms with E-state index < -0.39 is 6.09 Å². The molecule has 0 spiro atoms. The van der Waals surface area contributed by atoms with Crippen molar-refractivity contribution in [1.82, 2.24) is 4.90 Å². The molecule has 0 aromatic carbocycles. The topological polar surface area (TPSA) is 40.5 Å². The number of nitrogens with zero attached hydrogens (tertiary/aromatic N) is 1. The normalized spacial score (nSPS) is 20.3. The van der Waals surface area contributed by atoms with Gasteiger partial charge in [-0.3, -0.25) is 4.39 Å². The Morgan fingerprint density at radius 3 is 2.45 bits per heavy atom. The van der Waals surface area contributed by atoms with Gasteiger partial charge in [-0.15, -0.1) is 0 Å². The highest BCUT2D eigenvalue weighted by Crippen LogP contribution is 2.16. The van der Waals surface area contributed by atoms with Crippen LogP contribution in [0.15, 0.2) is 0 Å². The van der Waals surface area contributed by atoms with Gasteiger partial charge in [-0.25, -0.2) is 4.79 Å². The van der Waals surface area contributed by atoms with Crippen LogP contribution in [0, 0.1) is 5.92 Å². The Morgan fingerprint density at radius 2 is 2.09 bits per heavy atom. The van der Waals surface area contributed by atoms with E-state index in [1.54, 1.807) is 0 Å². The molecule has 11 heavy (non-hydrogen) atoms. The lowest BCUT2D eigenvalue weighted by molar-refractivity contribution is 0.119. The maximum atomic E-state index is 12.0. The second kappa shape index (κ2) is 3.55. The van der Waals surface area contributed by atoms with Gasteiger partial charge >= 0.3 is 6.09 Å². The Bertz CT molecular complexity index is 143. The Balaban J connectivity index is 2.30. The van der Waals surface area contributed by atoms with Crippen LogP contribution in [-0.4, -0.2) is 35.9 Å². The van der Waals surface area contributed by atoms with E-state index in [0.29, 0.717) is 25.9 Å². The van der Waals surface area contributed by atoms with Gasteiger partial charge in [-0.2, -0.15) is 0 Å². The molecule has 4 heteroatoms. The molecule has 0 aromatic rings. The number of alkyl halides is 1. The zero-order valence-electron chi connectivity index (χ0n) is 6.29. The minimum Gasteiger partial charge on any atom is -0.465 e. The first-order chi connectivity index (χ1) is 5.24. The van der Waals surface area contributed by atoms with E-state index in [4.69, 9.17) is 5.11 Å². The highest BCUT2D eigenvalue weighted by Gasteiger charge is 2.21. The van der Waals surface area contributed by atoms with Gasteiger partial charge in [-0.1, -0.05) is 0 Å². The summed E-state index contributed by atoms with van der Waals surface area (Å²) in [6.07, 6.45) is 0.452. The first kappa shape index (κ1) is 8.30. The lowest BCUT2D eigenvalue weighted by atomic mass is 9.99. The molecule has 1 aliphatic rings. The second-order valence-corrected chi connectivity index (χ2v) is 2.87. The van der Waals surface area contributed by atoms with Crippen LogP contribution in [0.5, 0.6) is 0 Å². The van der Waals surface area contributed by atoms with Gasteiger partial charge in [0.2, 0.25) is 0 Å². The SMILES string of the molecule is O=C(O)N1CCC(CF)CC1. The van der Waals surface area contributed by atoms with Crippen molar-refractivity contribution in [2.45, 2.75) is 12.8 Å². The van der Waals surface area contributed by atoms with Crippen LogP contribution < -0.4 is 0 Å². The number of hydrogen-bond donors (Lipinski definition) is 1. The third kappa shape index (κ3) is 2.06. The fourth-order valence-corrected chi connectivity index (χ4v) is 1.28. The molecule has 1 rings (SSSR count). The number of carbonyl (C=O) groups is 1. The van der Waals surface area contributed by atoms with Gasteiger partial charge in [0.1, 0.15) is 0 Å². The Labute approximate surface area is 64.8 Å². The predicted molar refractivity (Wildman–Crippen MR) is 38.3 cm³/mol. The fourth-order valence-electron chi connectivity index (χ4n) is 1.28. The van der Waals surface area contributed by atoms with E-state index in [2.05, 4.69) is 0 Å². The van der Waals surface area contributed by atoms with E-state index in [9.17, 15) is 9.18 Å². The largest absolute Gasteiger partial charge is 0.465 e. The average Bonchev–Trinajstić information content (AvgIpc) is 2.05. The number of halogens is 1. The molecule has 1 aliphatic heterocycles. The Hall–Kier alpha value is -0.800. The predicted octanol–water partition coefficient (Wildman–Crippen LogP) is 1.35. The first-order valence-corrected chi connectivity index (χ1v) is 3.78. The summed E-state index contributed by atoms with van der Waals surface area (Å²) < 4.78 is 12.0. The summed E-state index contributed by atoms with van der Waals surface area (Å²) in [5.74, 6) is 0.0885. The molecular formula is C7H12FNO2. The molecule has 1 saturated heterocycles. The maximum absolute atomic E-state index is 12.0. The zero-order chi connectivity index (χ0) is 8.27. The molecule has 3 nitrogen and oxygen atoms in total.